The number of nitrogens with one attached hydrogen (secondary N) is 1. The van der Waals surface area contributed by atoms with Gasteiger partial charge in [0.05, 0.1) is 5.60 Å². The maximum Gasteiger partial charge on any atom is 0.0878 e. The van der Waals surface area contributed by atoms with E-state index in [1.807, 2.05) is 0 Å². The van der Waals surface area contributed by atoms with Crippen LogP contribution in [0.15, 0.2) is 0 Å². The second-order valence-corrected chi connectivity index (χ2v) is 6.82. The van der Waals surface area contributed by atoms with E-state index in [-0.39, 0.29) is 5.60 Å². The highest BCUT2D eigenvalue weighted by molar-refractivity contribution is 4.95. The van der Waals surface area contributed by atoms with Crippen molar-refractivity contribution in [3.8, 4) is 0 Å². The molecule has 0 amide bonds. The minimum Gasteiger partial charge on any atom is -0.381 e. The predicted molar refractivity (Wildman–Crippen MR) is 80.6 cm³/mol. The Morgan fingerprint density at radius 3 is 2.32 bits per heavy atom. The molecule has 1 atom stereocenters. The van der Waals surface area contributed by atoms with Crippen molar-refractivity contribution in [3.63, 3.8) is 0 Å². The van der Waals surface area contributed by atoms with Crippen LogP contribution in [0.1, 0.15) is 60.3 Å². The Morgan fingerprint density at radius 1 is 1.21 bits per heavy atom. The van der Waals surface area contributed by atoms with E-state index in [4.69, 9.17) is 9.47 Å². The second-order valence-electron chi connectivity index (χ2n) is 6.82. The van der Waals surface area contributed by atoms with Crippen molar-refractivity contribution in [1.82, 2.24) is 5.32 Å². The van der Waals surface area contributed by atoms with Crippen molar-refractivity contribution in [1.29, 1.82) is 0 Å². The number of hydrogen-bond donors (Lipinski definition) is 1. The van der Waals surface area contributed by atoms with Crippen molar-refractivity contribution >= 4 is 0 Å². The fourth-order valence-corrected chi connectivity index (χ4v) is 2.97. The molecule has 0 aliphatic carbocycles. The lowest BCUT2D eigenvalue weighted by Crippen LogP contribution is -2.55. The molecule has 1 heterocycles. The van der Waals surface area contributed by atoms with E-state index in [1.165, 1.54) is 12.8 Å². The summed E-state index contributed by atoms with van der Waals surface area (Å²) in [5, 5.41) is 3.67. The molecule has 0 aromatic heterocycles. The topological polar surface area (TPSA) is 30.5 Å². The van der Waals surface area contributed by atoms with Crippen molar-refractivity contribution < 1.29 is 9.47 Å². The summed E-state index contributed by atoms with van der Waals surface area (Å²) in [6.45, 7) is 14.7. The summed E-state index contributed by atoms with van der Waals surface area (Å²) >= 11 is 0. The van der Waals surface area contributed by atoms with Crippen molar-refractivity contribution in [2.45, 2.75) is 71.9 Å². The van der Waals surface area contributed by atoms with Crippen LogP contribution in [0.2, 0.25) is 0 Å². The van der Waals surface area contributed by atoms with Crippen molar-refractivity contribution in [3.05, 3.63) is 0 Å². The zero-order valence-electron chi connectivity index (χ0n) is 13.6. The largest absolute Gasteiger partial charge is 0.381 e. The molecule has 0 saturated carbocycles. The van der Waals surface area contributed by atoms with Crippen LogP contribution in [-0.2, 0) is 9.47 Å². The molecule has 0 aromatic carbocycles. The van der Waals surface area contributed by atoms with Crippen molar-refractivity contribution in [2.75, 3.05) is 26.4 Å². The average molecular weight is 271 g/mol. The maximum absolute atomic E-state index is 6.21. The van der Waals surface area contributed by atoms with Gasteiger partial charge in [-0.05, 0) is 31.7 Å². The first-order valence-corrected chi connectivity index (χ1v) is 7.88. The van der Waals surface area contributed by atoms with E-state index < -0.39 is 0 Å². The van der Waals surface area contributed by atoms with Gasteiger partial charge in [-0.2, -0.15) is 0 Å². The molecule has 19 heavy (non-hydrogen) atoms. The number of hydrogen-bond acceptors (Lipinski definition) is 3. The van der Waals surface area contributed by atoms with Crippen molar-refractivity contribution in [2.24, 2.45) is 5.41 Å². The van der Waals surface area contributed by atoms with E-state index in [1.54, 1.807) is 0 Å². The Balaban J connectivity index is 2.73. The molecule has 1 saturated heterocycles. The summed E-state index contributed by atoms with van der Waals surface area (Å²) in [5.41, 5.74) is 0.362. The molecule has 0 bridgehead atoms. The molecule has 1 rings (SSSR count). The van der Waals surface area contributed by atoms with E-state index in [9.17, 15) is 0 Å². The fraction of sp³-hybridized carbons (Fsp3) is 1.00. The highest BCUT2D eigenvalue weighted by atomic mass is 16.5. The first-order valence-electron chi connectivity index (χ1n) is 7.88. The van der Waals surface area contributed by atoms with E-state index >= 15 is 0 Å². The molecular weight excluding hydrogens is 238 g/mol. The van der Waals surface area contributed by atoms with Gasteiger partial charge >= 0.3 is 0 Å². The number of rotatable bonds is 7. The fourth-order valence-electron chi connectivity index (χ4n) is 2.97. The summed E-state index contributed by atoms with van der Waals surface area (Å²) in [6.07, 6.45) is 4.43. The molecule has 1 aliphatic heterocycles. The normalized spacial score (nSPS) is 21.3. The quantitative estimate of drug-likeness (QED) is 0.770. The lowest BCUT2D eigenvalue weighted by molar-refractivity contribution is -0.128. The van der Waals surface area contributed by atoms with Gasteiger partial charge in [-0.1, -0.05) is 27.7 Å². The van der Waals surface area contributed by atoms with Gasteiger partial charge in [0.1, 0.15) is 0 Å². The van der Waals surface area contributed by atoms with Crippen LogP contribution in [0.5, 0.6) is 0 Å². The van der Waals surface area contributed by atoms with E-state index in [0.29, 0.717) is 11.5 Å². The molecule has 114 valence electrons. The second kappa shape index (κ2) is 7.61. The van der Waals surface area contributed by atoms with Gasteiger partial charge in [0, 0.05) is 38.7 Å². The summed E-state index contributed by atoms with van der Waals surface area (Å²) in [6, 6.07) is 0.445. The zero-order valence-corrected chi connectivity index (χ0v) is 13.6. The van der Waals surface area contributed by atoms with Gasteiger partial charge < -0.3 is 14.8 Å². The van der Waals surface area contributed by atoms with Crippen LogP contribution in [-0.4, -0.2) is 38.0 Å². The average Bonchev–Trinajstić information content (AvgIpc) is 2.34. The van der Waals surface area contributed by atoms with E-state index in [2.05, 4.69) is 39.9 Å². The van der Waals surface area contributed by atoms with E-state index in [0.717, 1.165) is 39.2 Å². The zero-order chi connectivity index (χ0) is 14.4. The molecule has 3 nitrogen and oxygen atoms in total. The summed E-state index contributed by atoms with van der Waals surface area (Å²) < 4.78 is 11.7. The Labute approximate surface area is 119 Å². The van der Waals surface area contributed by atoms with Gasteiger partial charge in [0.2, 0.25) is 0 Å². The lowest BCUT2D eigenvalue weighted by atomic mass is 9.79. The Kier molecular flexibility index (Phi) is 6.78. The highest BCUT2D eigenvalue weighted by Crippen LogP contribution is 2.33. The molecule has 3 heteroatoms. The Morgan fingerprint density at radius 2 is 1.84 bits per heavy atom. The standard InChI is InChI=1S/C16H33NO2/c1-6-17-14(8-9-15(3,4)5)16(19-7-2)10-12-18-13-11-16/h14,17H,6-13H2,1-5H3. The summed E-state index contributed by atoms with van der Waals surface area (Å²) in [7, 11) is 0. The van der Waals surface area contributed by atoms with Gasteiger partial charge in [-0.15, -0.1) is 0 Å². The predicted octanol–water partition coefficient (Wildman–Crippen LogP) is 3.38. The number of likely N-dealkylation sites (N-methyl/N-ethyl adjacent to an activating group) is 1. The first kappa shape index (κ1) is 16.9. The number of ether oxygens (including phenoxy) is 2. The SMILES string of the molecule is CCNC(CCC(C)(C)C)C1(OCC)CCOCC1. The van der Waals surface area contributed by atoms with Crippen LogP contribution in [0.3, 0.4) is 0 Å². The van der Waals surface area contributed by atoms with Crippen LogP contribution >= 0.6 is 0 Å². The summed E-state index contributed by atoms with van der Waals surface area (Å²) in [5.74, 6) is 0. The van der Waals surface area contributed by atoms with Crippen LogP contribution in [0, 0.1) is 5.41 Å². The molecule has 0 spiro atoms. The molecule has 1 unspecified atom stereocenters. The molecule has 1 fully saturated rings. The molecular formula is C16H33NO2. The minimum atomic E-state index is -0.0196. The maximum atomic E-state index is 6.21. The smallest absolute Gasteiger partial charge is 0.0878 e. The monoisotopic (exact) mass is 271 g/mol. The molecule has 1 aliphatic rings. The third-order valence-corrected chi connectivity index (χ3v) is 4.04. The molecule has 0 radical (unpaired) electrons. The molecule has 0 aromatic rings. The highest BCUT2D eigenvalue weighted by Gasteiger charge is 2.40. The van der Waals surface area contributed by atoms with Crippen LogP contribution < -0.4 is 5.32 Å². The third kappa shape index (κ3) is 5.41. The van der Waals surface area contributed by atoms with Gasteiger partial charge in [-0.25, -0.2) is 0 Å². The first-order chi connectivity index (χ1) is 8.93. The van der Waals surface area contributed by atoms with Gasteiger partial charge in [-0.3, -0.25) is 0 Å². The van der Waals surface area contributed by atoms with Gasteiger partial charge in [0.25, 0.3) is 0 Å². The third-order valence-electron chi connectivity index (χ3n) is 4.04. The van der Waals surface area contributed by atoms with Crippen LogP contribution in [0.4, 0.5) is 0 Å². The van der Waals surface area contributed by atoms with Crippen LogP contribution in [0.25, 0.3) is 0 Å². The summed E-state index contributed by atoms with van der Waals surface area (Å²) in [4.78, 5) is 0. The lowest BCUT2D eigenvalue weighted by Gasteiger charge is -2.44. The molecule has 1 N–H and O–H groups in total. The Hall–Kier alpha value is -0.120. The minimum absolute atomic E-state index is 0.0196. The van der Waals surface area contributed by atoms with Gasteiger partial charge in [0.15, 0.2) is 0 Å². The Bertz CT molecular complexity index is 236.